The maximum atomic E-state index is 13.0. The van der Waals surface area contributed by atoms with Crippen molar-refractivity contribution in [3.8, 4) is 0 Å². The number of halogens is 3. The zero-order valence-corrected chi connectivity index (χ0v) is 15.6. The van der Waals surface area contributed by atoms with Crippen molar-refractivity contribution in [3.63, 3.8) is 0 Å². The van der Waals surface area contributed by atoms with E-state index in [1.54, 1.807) is 6.92 Å². The Hall–Kier alpha value is -1.22. The molecule has 0 fully saturated rings. The number of carbonyl (C=O) groups is 1. The molecule has 1 aromatic carbocycles. The van der Waals surface area contributed by atoms with E-state index in [1.807, 2.05) is 6.92 Å². The molecular weight excluding hydrogens is 375 g/mol. The average molecular weight is 395 g/mol. The molecule has 1 aromatic rings. The first-order chi connectivity index (χ1) is 11.5. The van der Waals surface area contributed by atoms with E-state index in [4.69, 9.17) is 0 Å². The van der Waals surface area contributed by atoms with Crippen LogP contribution < -0.4 is 4.90 Å². The van der Waals surface area contributed by atoms with Gasteiger partial charge in [0.05, 0.1) is 17.0 Å². The molecule has 2 rings (SSSR count). The normalized spacial score (nSPS) is 18.6. The lowest BCUT2D eigenvalue weighted by Crippen LogP contribution is -2.37. The van der Waals surface area contributed by atoms with Crippen molar-refractivity contribution >= 4 is 33.2 Å². The summed E-state index contributed by atoms with van der Waals surface area (Å²) in [6, 6.07) is 3.27. The number of alkyl halides is 3. The summed E-state index contributed by atoms with van der Waals surface area (Å²) in [4.78, 5) is 14.3. The van der Waals surface area contributed by atoms with Crippen LogP contribution in [0.2, 0.25) is 0 Å². The van der Waals surface area contributed by atoms with Gasteiger partial charge in [-0.1, -0.05) is 13.8 Å². The summed E-state index contributed by atoms with van der Waals surface area (Å²) in [5, 5.41) is 0.112. The number of hydrogen-bond acceptors (Lipinski definition) is 4. The first kappa shape index (κ1) is 20.1. The number of hydrogen-bond donors (Lipinski definition) is 0. The van der Waals surface area contributed by atoms with Crippen LogP contribution in [0.4, 0.5) is 18.9 Å². The second-order valence-corrected chi connectivity index (χ2v) is 9.70. The van der Waals surface area contributed by atoms with E-state index >= 15 is 0 Å². The van der Waals surface area contributed by atoms with E-state index in [1.165, 1.54) is 22.7 Å². The highest BCUT2D eigenvalue weighted by Crippen LogP contribution is 2.41. The van der Waals surface area contributed by atoms with Crippen LogP contribution in [-0.2, 0) is 20.8 Å². The number of fused-ring (bicyclic) bond motifs is 1. The summed E-state index contributed by atoms with van der Waals surface area (Å²) in [5.74, 6) is -1.48. The smallest absolute Gasteiger partial charge is 0.310 e. The standard InChI is InChI=1S/C16H20F3NO3S2/c1-3-8-25(22,23)10-15(21)20-7-6-11(2)24-14-5-4-12(9-13(14)20)16(17,18)19/h4-5,9,11H,3,6-8,10H2,1-2H3/t11-/m1/s1. The fraction of sp³-hybridized carbons (Fsp3) is 0.562. The molecule has 0 unspecified atom stereocenters. The minimum absolute atomic E-state index is 0.112. The molecule has 0 N–H and O–H groups in total. The molecule has 25 heavy (non-hydrogen) atoms. The van der Waals surface area contributed by atoms with Gasteiger partial charge < -0.3 is 4.90 Å². The second-order valence-electron chi connectivity index (χ2n) is 6.03. The van der Waals surface area contributed by atoms with Crippen molar-refractivity contribution in [3.05, 3.63) is 23.8 Å². The number of thioether (sulfide) groups is 1. The first-order valence-electron chi connectivity index (χ1n) is 7.92. The fourth-order valence-corrected chi connectivity index (χ4v) is 5.01. The van der Waals surface area contributed by atoms with Gasteiger partial charge >= 0.3 is 6.18 Å². The largest absolute Gasteiger partial charge is 0.416 e. The van der Waals surface area contributed by atoms with Crippen LogP contribution in [0.5, 0.6) is 0 Å². The molecule has 4 nitrogen and oxygen atoms in total. The Labute approximate surface area is 149 Å². The monoisotopic (exact) mass is 395 g/mol. The van der Waals surface area contributed by atoms with E-state index in [0.717, 1.165) is 12.1 Å². The predicted octanol–water partition coefficient (Wildman–Crippen LogP) is 3.75. The third-order valence-electron chi connectivity index (χ3n) is 3.82. The average Bonchev–Trinajstić information content (AvgIpc) is 2.63. The zero-order chi connectivity index (χ0) is 18.8. The summed E-state index contributed by atoms with van der Waals surface area (Å²) in [5.41, 5.74) is -0.712. The molecule has 1 atom stereocenters. The van der Waals surface area contributed by atoms with Crippen molar-refractivity contribution in [2.24, 2.45) is 0 Å². The molecule has 0 radical (unpaired) electrons. The number of anilines is 1. The Bertz CT molecular complexity index is 747. The summed E-state index contributed by atoms with van der Waals surface area (Å²) < 4.78 is 63.0. The Morgan fingerprint density at radius 2 is 2.04 bits per heavy atom. The number of sulfone groups is 1. The number of amides is 1. The van der Waals surface area contributed by atoms with Gasteiger partial charge in [0.25, 0.3) is 0 Å². The predicted molar refractivity (Wildman–Crippen MR) is 92.7 cm³/mol. The molecule has 1 heterocycles. The summed E-state index contributed by atoms with van der Waals surface area (Å²) in [6.45, 7) is 3.81. The van der Waals surface area contributed by atoms with E-state index in [-0.39, 0.29) is 23.2 Å². The van der Waals surface area contributed by atoms with Gasteiger partial charge in [-0.25, -0.2) is 8.42 Å². The summed E-state index contributed by atoms with van der Waals surface area (Å²) in [7, 11) is -3.57. The molecule has 9 heteroatoms. The van der Waals surface area contributed by atoms with Gasteiger partial charge in [-0.15, -0.1) is 11.8 Å². The molecular formula is C16H20F3NO3S2. The molecule has 0 aromatic heterocycles. The highest BCUT2D eigenvalue weighted by atomic mass is 32.2. The number of benzene rings is 1. The number of carbonyl (C=O) groups excluding carboxylic acids is 1. The molecule has 0 spiro atoms. The lowest BCUT2D eigenvalue weighted by Gasteiger charge is -2.23. The fourth-order valence-electron chi connectivity index (χ4n) is 2.62. The van der Waals surface area contributed by atoms with E-state index in [9.17, 15) is 26.4 Å². The Balaban J connectivity index is 2.41. The van der Waals surface area contributed by atoms with Gasteiger partial charge in [-0.3, -0.25) is 4.79 Å². The zero-order valence-electron chi connectivity index (χ0n) is 14.0. The highest BCUT2D eigenvalue weighted by molar-refractivity contribution is 8.00. The molecule has 0 saturated carbocycles. The Morgan fingerprint density at radius 1 is 1.36 bits per heavy atom. The van der Waals surface area contributed by atoms with Crippen molar-refractivity contribution in [2.45, 2.75) is 43.0 Å². The maximum absolute atomic E-state index is 13.0. The topological polar surface area (TPSA) is 54.5 Å². The van der Waals surface area contributed by atoms with Crippen LogP contribution in [-0.4, -0.2) is 37.6 Å². The van der Waals surface area contributed by atoms with Crippen LogP contribution in [0.3, 0.4) is 0 Å². The van der Waals surface area contributed by atoms with E-state index in [2.05, 4.69) is 0 Å². The Morgan fingerprint density at radius 3 is 2.64 bits per heavy atom. The van der Waals surface area contributed by atoms with Gasteiger partial charge in [0.1, 0.15) is 5.75 Å². The highest BCUT2D eigenvalue weighted by Gasteiger charge is 2.34. The lowest BCUT2D eigenvalue weighted by molar-refractivity contribution is -0.137. The van der Waals surface area contributed by atoms with Gasteiger partial charge in [0.15, 0.2) is 9.84 Å². The maximum Gasteiger partial charge on any atom is 0.416 e. The van der Waals surface area contributed by atoms with E-state index in [0.29, 0.717) is 17.7 Å². The van der Waals surface area contributed by atoms with Crippen molar-refractivity contribution in [1.82, 2.24) is 0 Å². The van der Waals surface area contributed by atoms with Crippen molar-refractivity contribution < 1.29 is 26.4 Å². The molecule has 140 valence electrons. The molecule has 1 aliphatic heterocycles. The molecule has 0 bridgehead atoms. The first-order valence-corrected chi connectivity index (χ1v) is 10.6. The molecule has 0 aliphatic carbocycles. The van der Waals surface area contributed by atoms with E-state index < -0.39 is 33.2 Å². The van der Waals surface area contributed by atoms with Crippen LogP contribution >= 0.6 is 11.8 Å². The summed E-state index contributed by atoms with van der Waals surface area (Å²) in [6.07, 6.45) is -3.57. The van der Waals surface area contributed by atoms with Crippen LogP contribution in [0.1, 0.15) is 32.3 Å². The molecule has 0 saturated heterocycles. The van der Waals surface area contributed by atoms with Gasteiger partial charge in [-0.05, 0) is 31.0 Å². The third kappa shape index (κ3) is 5.13. The van der Waals surface area contributed by atoms with Crippen molar-refractivity contribution in [1.29, 1.82) is 0 Å². The Kier molecular flexibility index (Phi) is 6.09. The second kappa shape index (κ2) is 7.57. The minimum Gasteiger partial charge on any atom is -0.310 e. The van der Waals surface area contributed by atoms with Crippen LogP contribution in [0, 0.1) is 0 Å². The number of nitrogens with zero attached hydrogens (tertiary/aromatic N) is 1. The number of rotatable bonds is 4. The summed E-state index contributed by atoms with van der Waals surface area (Å²) >= 11 is 1.39. The molecule has 1 aliphatic rings. The van der Waals surface area contributed by atoms with Gasteiger partial charge in [-0.2, -0.15) is 13.2 Å². The lowest BCUT2D eigenvalue weighted by atomic mass is 10.1. The van der Waals surface area contributed by atoms with Gasteiger partial charge in [0, 0.05) is 16.7 Å². The third-order valence-corrected chi connectivity index (χ3v) is 6.78. The molecule has 1 amide bonds. The minimum atomic E-state index is -4.53. The quantitative estimate of drug-likeness (QED) is 0.779. The SMILES string of the molecule is CCCS(=O)(=O)CC(=O)N1CC[C@@H](C)Sc2ccc(C(F)(F)F)cc21. The van der Waals surface area contributed by atoms with Crippen LogP contribution in [0.15, 0.2) is 23.1 Å². The van der Waals surface area contributed by atoms with Gasteiger partial charge in [0.2, 0.25) is 5.91 Å². The van der Waals surface area contributed by atoms with Crippen molar-refractivity contribution in [2.75, 3.05) is 23.0 Å². The van der Waals surface area contributed by atoms with Crippen LogP contribution in [0.25, 0.3) is 0 Å².